The molecule has 0 unspecified atom stereocenters. The Morgan fingerprint density at radius 1 is 1.09 bits per heavy atom. The highest BCUT2D eigenvalue weighted by molar-refractivity contribution is 5.74. The Kier molecular flexibility index (Phi) is 5.25. The van der Waals surface area contributed by atoms with E-state index in [1.54, 1.807) is 0 Å². The molecule has 0 spiro atoms. The van der Waals surface area contributed by atoms with Crippen molar-refractivity contribution in [1.29, 1.82) is 0 Å². The SMILES string of the molecule is O=C(C[n+]1ccc2c(c1)CCCC2)NCCC1=CCCCC1. The fourth-order valence-corrected chi connectivity index (χ4v) is 3.53. The molecule has 3 nitrogen and oxygen atoms in total. The number of pyridine rings is 1. The Balaban J connectivity index is 1.46. The summed E-state index contributed by atoms with van der Waals surface area (Å²) in [7, 11) is 0. The molecule has 1 heterocycles. The van der Waals surface area contributed by atoms with Gasteiger partial charge in [0.25, 0.3) is 5.91 Å². The number of amides is 1. The lowest BCUT2D eigenvalue weighted by Crippen LogP contribution is -2.43. The van der Waals surface area contributed by atoms with Crippen LogP contribution in [-0.2, 0) is 24.2 Å². The molecule has 118 valence electrons. The minimum absolute atomic E-state index is 0.122. The van der Waals surface area contributed by atoms with Gasteiger partial charge < -0.3 is 5.32 Å². The molecular weight excluding hydrogens is 272 g/mol. The number of fused-ring (bicyclic) bond motifs is 1. The Hall–Kier alpha value is -1.64. The fourth-order valence-electron chi connectivity index (χ4n) is 3.53. The Morgan fingerprint density at radius 2 is 1.91 bits per heavy atom. The molecule has 1 aromatic heterocycles. The monoisotopic (exact) mass is 299 g/mol. The topological polar surface area (TPSA) is 33.0 Å². The minimum atomic E-state index is 0.122. The van der Waals surface area contributed by atoms with E-state index in [4.69, 9.17) is 0 Å². The van der Waals surface area contributed by atoms with E-state index < -0.39 is 0 Å². The molecule has 1 N–H and O–H groups in total. The summed E-state index contributed by atoms with van der Waals surface area (Å²) < 4.78 is 2.03. The normalized spacial score (nSPS) is 17.5. The molecule has 22 heavy (non-hydrogen) atoms. The van der Waals surface area contributed by atoms with Crippen molar-refractivity contribution in [2.75, 3.05) is 6.54 Å². The van der Waals surface area contributed by atoms with E-state index in [2.05, 4.69) is 23.7 Å². The van der Waals surface area contributed by atoms with E-state index in [-0.39, 0.29) is 5.91 Å². The van der Waals surface area contributed by atoms with Crippen LogP contribution in [-0.4, -0.2) is 12.5 Å². The number of nitrogens with zero attached hydrogens (tertiary/aromatic N) is 1. The number of hydrogen-bond acceptors (Lipinski definition) is 1. The van der Waals surface area contributed by atoms with E-state index in [9.17, 15) is 4.79 Å². The van der Waals surface area contributed by atoms with Crippen LogP contribution in [0, 0.1) is 0 Å². The maximum absolute atomic E-state index is 12.1. The summed E-state index contributed by atoms with van der Waals surface area (Å²) >= 11 is 0. The van der Waals surface area contributed by atoms with Gasteiger partial charge in [-0.3, -0.25) is 4.79 Å². The summed E-state index contributed by atoms with van der Waals surface area (Å²) in [5.41, 5.74) is 4.41. The number of nitrogens with one attached hydrogen (secondary N) is 1. The van der Waals surface area contributed by atoms with Gasteiger partial charge >= 0.3 is 0 Å². The maximum atomic E-state index is 12.1. The third-order valence-corrected chi connectivity index (χ3v) is 4.82. The number of carbonyl (C=O) groups is 1. The van der Waals surface area contributed by atoms with Crippen LogP contribution in [0.1, 0.15) is 56.1 Å². The molecule has 0 aliphatic heterocycles. The van der Waals surface area contributed by atoms with Gasteiger partial charge in [0.05, 0.1) is 0 Å². The average molecular weight is 299 g/mol. The third-order valence-electron chi connectivity index (χ3n) is 4.82. The van der Waals surface area contributed by atoms with E-state index in [1.807, 2.05) is 10.8 Å². The van der Waals surface area contributed by atoms with Gasteiger partial charge in [0.1, 0.15) is 0 Å². The Bertz CT molecular complexity index is 563. The van der Waals surface area contributed by atoms with Crippen LogP contribution in [0.4, 0.5) is 0 Å². The van der Waals surface area contributed by atoms with Gasteiger partial charge in [-0.1, -0.05) is 11.6 Å². The van der Waals surface area contributed by atoms with Crippen molar-refractivity contribution in [3.05, 3.63) is 41.2 Å². The molecule has 0 saturated carbocycles. The maximum Gasteiger partial charge on any atom is 0.285 e. The molecule has 0 bridgehead atoms. The van der Waals surface area contributed by atoms with Gasteiger partial charge in [-0.2, -0.15) is 4.57 Å². The molecule has 3 rings (SSSR count). The van der Waals surface area contributed by atoms with Crippen molar-refractivity contribution in [1.82, 2.24) is 5.32 Å². The summed E-state index contributed by atoms with van der Waals surface area (Å²) in [5.74, 6) is 0.122. The molecule has 0 atom stereocenters. The quantitative estimate of drug-likeness (QED) is 0.658. The fraction of sp³-hybridized carbons (Fsp3) is 0.579. The highest BCUT2D eigenvalue weighted by Gasteiger charge is 2.15. The standard InChI is InChI=1S/C19H26N2O/c22-19(20-12-10-16-6-2-1-3-7-16)15-21-13-11-17-8-4-5-9-18(17)14-21/h6,11,13-14H,1-5,7-10,12,15H2/p+1. The zero-order chi connectivity index (χ0) is 15.2. The summed E-state index contributed by atoms with van der Waals surface area (Å²) in [6.45, 7) is 1.21. The number of allylic oxidation sites excluding steroid dienone is 1. The minimum Gasteiger partial charge on any atom is -0.350 e. The van der Waals surface area contributed by atoms with Crippen LogP contribution in [0.3, 0.4) is 0 Å². The number of hydrogen-bond donors (Lipinski definition) is 1. The first-order valence-electron chi connectivity index (χ1n) is 8.77. The van der Waals surface area contributed by atoms with Crippen LogP contribution >= 0.6 is 0 Å². The smallest absolute Gasteiger partial charge is 0.285 e. The predicted molar refractivity (Wildman–Crippen MR) is 87.5 cm³/mol. The molecule has 2 aliphatic rings. The highest BCUT2D eigenvalue weighted by atomic mass is 16.1. The van der Waals surface area contributed by atoms with E-state index >= 15 is 0 Å². The zero-order valence-electron chi connectivity index (χ0n) is 13.4. The summed E-state index contributed by atoms with van der Waals surface area (Å²) in [4.78, 5) is 12.1. The second kappa shape index (κ2) is 7.57. The van der Waals surface area contributed by atoms with Crippen LogP contribution < -0.4 is 9.88 Å². The van der Waals surface area contributed by atoms with Gasteiger partial charge in [-0.15, -0.1) is 0 Å². The first-order valence-corrected chi connectivity index (χ1v) is 8.77. The first-order chi connectivity index (χ1) is 10.8. The molecule has 0 fully saturated rings. The summed E-state index contributed by atoms with van der Waals surface area (Å²) in [6.07, 6.45) is 17.6. The molecule has 1 amide bonds. The third kappa shape index (κ3) is 4.19. The average Bonchev–Trinajstić information content (AvgIpc) is 2.56. The van der Waals surface area contributed by atoms with E-state index in [0.29, 0.717) is 6.54 Å². The molecule has 0 saturated heterocycles. The van der Waals surface area contributed by atoms with Gasteiger partial charge in [-0.25, -0.2) is 0 Å². The Morgan fingerprint density at radius 3 is 2.73 bits per heavy atom. The molecule has 0 radical (unpaired) electrons. The Labute approximate surface area is 133 Å². The molecule has 2 aliphatic carbocycles. The molecular formula is C19H27N2O+. The van der Waals surface area contributed by atoms with Crippen molar-refractivity contribution in [3.63, 3.8) is 0 Å². The molecule has 3 heteroatoms. The predicted octanol–water partition coefficient (Wildman–Crippen LogP) is 2.86. The largest absolute Gasteiger partial charge is 0.350 e. The summed E-state index contributed by atoms with van der Waals surface area (Å²) in [6, 6.07) is 2.19. The second-order valence-corrected chi connectivity index (χ2v) is 6.58. The first kappa shape index (κ1) is 15.3. The van der Waals surface area contributed by atoms with Crippen molar-refractivity contribution in [2.24, 2.45) is 0 Å². The number of aromatic nitrogens is 1. The number of aryl methyl sites for hydroxylation is 2. The van der Waals surface area contributed by atoms with E-state index in [0.717, 1.165) is 19.4 Å². The van der Waals surface area contributed by atoms with Crippen LogP contribution in [0.15, 0.2) is 30.1 Å². The lowest BCUT2D eigenvalue weighted by molar-refractivity contribution is -0.685. The van der Waals surface area contributed by atoms with Crippen LogP contribution in [0.25, 0.3) is 0 Å². The van der Waals surface area contributed by atoms with Crippen LogP contribution in [0.2, 0.25) is 0 Å². The van der Waals surface area contributed by atoms with Crippen molar-refractivity contribution >= 4 is 5.91 Å². The van der Waals surface area contributed by atoms with Crippen molar-refractivity contribution < 1.29 is 9.36 Å². The van der Waals surface area contributed by atoms with Crippen molar-refractivity contribution in [2.45, 2.75) is 64.3 Å². The second-order valence-electron chi connectivity index (χ2n) is 6.58. The lowest BCUT2D eigenvalue weighted by Gasteiger charge is -2.14. The van der Waals surface area contributed by atoms with Gasteiger partial charge in [0.15, 0.2) is 12.4 Å². The van der Waals surface area contributed by atoms with Crippen molar-refractivity contribution in [3.8, 4) is 0 Å². The number of rotatable bonds is 5. The summed E-state index contributed by atoms with van der Waals surface area (Å²) in [5, 5.41) is 3.06. The van der Waals surface area contributed by atoms with Gasteiger partial charge in [0.2, 0.25) is 6.54 Å². The number of carbonyl (C=O) groups excluding carboxylic acids is 1. The molecule has 1 aromatic rings. The van der Waals surface area contributed by atoms with Gasteiger partial charge in [-0.05, 0) is 63.4 Å². The van der Waals surface area contributed by atoms with E-state index in [1.165, 1.54) is 61.6 Å². The highest BCUT2D eigenvalue weighted by Crippen LogP contribution is 2.19. The molecule has 0 aromatic carbocycles. The van der Waals surface area contributed by atoms with Crippen LogP contribution in [0.5, 0.6) is 0 Å². The van der Waals surface area contributed by atoms with Gasteiger partial charge in [0, 0.05) is 18.2 Å². The zero-order valence-corrected chi connectivity index (χ0v) is 13.4. The lowest BCUT2D eigenvalue weighted by atomic mass is 9.93.